The molecule has 4 nitrogen and oxygen atoms in total. The van der Waals surface area contributed by atoms with Gasteiger partial charge in [0, 0.05) is 18.3 Å². The Morgan fingerprint density at radius 3 is 2.57 bits per heavy atom. The molecule has 1 unspecified atom stereocenters. The molecule has 1 atom stereocenters. The van der Waals surface area contributed by atoms with Crippen LogP contribution < -0.4 is 10.6 Å². The lowest BCUT2D eigenvalue weighted by molar-refractivity contribution is -0.117. The lowest BCUT2D eigenvalue weighted by Crippen LogP contribution is -2.41. The summed E-state index contributed by atoms with van der Waals surface area (Å²) in [4.78, 5) is 14.6. The van der Waals surface area contributed by atoms with E-state index < -0.39 is 0 Å². The van der Waals surface area contributed by atoms with E-state index >= 15 is 0 Å². The highest BCUT2D eigenvalue weighted by Gasteiger charge is 2.25. The van der Waals surface area contributed by atoms with Gasteiger partial charge >= 0.3 is 0 Å². The Labute approximate surface area is 127 Å². The number of carbonyl (C=O) groups is 1. The van der Waals surface area contributed by atoms with Gasteiger partial charge in [-0.1, -0.05) is 17.7 Å². The molecule has 1 aromatic carbocycles. The third-order valence-electron chi connectivity index (χ3n) is 4.23. The molecule has 1 aliphatic rings. The largest absolute Gasteiger partial charge is 0.324 e. The van der Waals surface area contributed by atoms with Gasteiger partial charge in [0.15, 0.2) is 0 Å². The number of rotatable bonds is 5. The van der Waals surface area contributed by atoms with E-state index in [9.17, 15) is 4.79 Å². The normalized spacial score (nSPS) is 19.0. The van der Waals surface area contributed by atoms with Crippen LogP contribution >= 0.6 is 0 Å². The maximum atomic E-state index is 12.3. The molecule has 1 saturated heterocycles. The monoisotopic (exact) mass is 289 g/mol. The van der Waals surface area contributed by atoms with Crippen LogP contribution in [0.25, 0.3) is 0 Å². The molecule has 1 aliphatic heterocycles. The summed E-state index contributed by atoms with van der Waals surface area (Å²) in [6.45, 7) is 8.64. The minimum Gasteiger partial charge on any atom is -0.324 e. The number of nitrogens with one attached hydrogen (secondary N) is 2. The number of hydrogen-bond acceptors (Lipinski definition) is 3. The number of benzene rings is 1. The Morgan fingerprint density at radius 2 is 1.95 bits per heavy atom. The van der Waals surface area contributed by atoms with Crippen LogP contribution in [0.1, 0.15) is 29.5 Å². The van der Waals surface area contributed by atoms with E-state index in [-0.39, 0.29) is 5.91 Å². The fourth-order valence-corrected chi connectivity index (χ4v) is 3.31. The second-order valence-electron chi connectivity index (χ2n) is 6.15. The zero-order valence-corrected chi connectivity index (χ0v) is 13.6. The van der Waals surface area contributed by atoms with Crippen molar-refractivity contribution in [3.8, 4) is 0 Å². The van der Waals surface area contributed by atoms with Gasteiger partial charge in [-0.25, -0.2) is 0 Å². The van der Waals surface area contributed by atoms with Crippen molar-refractivity contribution in [3.05, 3.63) is 28.8 Å². The molecule has 0 bridgehead atoms. The van der Waals surface area contributed by atoms with E-state index in [1.807, 2.05) is 7.05 Å². The van der Waals surface area contributed by atoms with Crippen LogP contribution in [0.5, 0.6) is 0 Å². The van der Waals surface area contributed by atoms with E-state index in [0.29, 0.717) is 12.6 Å². The number of hydrogen-bond donors (Lipinski definition) is 2. The van der Waals surface area contributed by atoms with Gasteiger partial charge in [0.05, 0.1) is 6.54 Å². The maximum absolute atomic E-state index is 12.3. The van der Waals surface area contributed by atoms with Crippen molar-refractivity contribution in [2.75, 3.05) is 32.0 Å². The van der Waals surface area contributed by atoms with Crippen molar-refractivity contribution < 1.29 is 4.79 Å². The first-order chi connectivity index (χ1) is 10.0. The van der Waals surface area contributed by atoms with Crippen molar-refractivity contribution >= 4 is 11.6 Å². The minimum atomic E-state index is 0.0908. The van der Waals surface area contributed by atoms with E-state index in [0.717, 1.165) is 29.9 Å². The van der Waals surface area contributed by atoms with Crippen molar-refractivity contribution in [1.82, 2.24) is 10.2 Å². The smallest absolute Gasteiger partial charge is 0.238 e. The quantitative estimate of drug-likeness (QED) is 0.874. The molecule has 116 valence electrons. The highest BCUT2D eigenvalue weighted by molar-refractivity contribution is 5.93. The molecule has 1 fully saturated rings. The van der Waals surface area contributed by atoms with Crippen LogP contribution in [-0.2, 0) is 4.79 Å². The van der Waals surface area contributed by atoms with E-state index in [4.69, 9.17) is 0 Å². The third-order valence-corrected chi connectivity index (χ3v) is 4.23. The summed E-state index contributed by atoms with van der Waals surface area (Å²) >= 11 is 0. The number of amides is 1. The van der Waals surface area contributed by atoms with E-state index in [1.54, 1.807) is 0 Å². The predicted octanol–water partition coefficient (Wildman–Crippen LogP) is 2.23. The fraction of sp³-hybridized carbons (Fsp3) is 0.588. The zero-order valence-electron chi connectivity index (χ0n) is 13.6. The Morgan fingerprint density at radius 1 is 1.29 bits per heavy atom. The molecular formula is C17H27N3O. The lowest BCUT2D eigenvalue weighted by atomic mass is 10.1. The molecule has 2 N–H and O–H groups in total. The second kappa shape index (κ2) is 7.05. The molecule has 0 aliphatic carbocycles. The van der Waals surface area contributed by atoms with Crippen LogP contribution in [0.2, 0.25) is 0 Å². The number of carbonyl (C=O) groups excluding carboxylic acids is 1. The summed E-state index contributed by atoms with van der Waals surface area (Å²) in [5.74, 6) is 0.0908. The highest BCUT2D eigenvalue weighted by atomic mass is 16.2. The topological polar surface area (TPSA) is 44.4 Å². The van der Waals surface area contributed by atoms with Crippen molar-refractivity contribution in [1.29, 1.82) is 0 Å². The van der Waals surface area contributed by atoms with E-state index in [1.165, 1.54) is 18.4 Å². The summed E-state index contributed by atoms with van der Waals surface area (Å²) in [6.07, 6.45) is 2.36. The summed E-state index contributed by atoms with van der Waals surface area (Å²) in [7, 11) is 1.97. The second-order valence-corrected chi connectivity index (χ2v) is 6.15. The fourth-order valence-electron chi connectivity index (χ4n) is 3.31. The van der Waals surface area contributed by atoms with Crippen LogP contribution in [0.3, 0.4) is 0 Å². The van der Waals surface area contributed by atoms with Crippen molar-refractivity contribution in [3.63, 3.8) is 0 Å². The number of likely N-dealkylation sites (tertiary alicyclic amines) is 1. The molecular weight excluding hydrogens is 262 g/mol. The van der Waals surface area contributed by atoms with Crippen molar-refractivity contribution in [2.45, 2.75) is 39.7 Å². The number of anilines is 1. The summed E-state index contributed by atoms with van der Waals surface area (Å²) in [6, 6.07) is 4.71. The maximum Gasteiger partial charge on any atom is 0.238 e. The molecule has 0 saturated carbocycles. The molecule has 1 amide bonds. The SMILES string of the molecule is CNCC1CCCN1CC(=O)Nc1c(C)cc(C)cc1C. The molecule has 4 heteroatoms. The van der Waals surface area contributed by atoms with Crippen LogP contribution in [-0.4, -0.2) is 43.5 Å². The zero-order chi connectivity index (χ0) is 15.4. The Bertz CT molecular complexity index is 490. The Kier molecular flexibility index (Phi) is 5.37. The lowest BCUT2D eigenvalue weighted by Gasteiger charge is -2.24. The van der Waals surface area contributed by atoms with Gasteiger partial charge in [-0.3, -0.25) is 9.69 Å². The third kappa shape index (κ3) is 4.05. The Hall–Kier alpha value is -1.39. The summed E-state index contributed by atoms with van der Waals surface area (Å²) in [5.41, 5.74) is 4.47. The van der Waals surface area contributed by atoms with Crippen LogP contribution in [0.4, 0.5) is 5.69 Å². The Balaban J connectivity index is 1.99. The van der Waals surface area contributed by atoms with Gasteiger partial charge in [-0.15, -0.1) is 0 Å². The molecule has 1 aromatic rings. The minimum absolute atomic E-state index is 0.0908. The first-order valence-corrected chi connectivity index (χ1v) is 7.77. The molecule has 1 heterocycles. The predicted molar refractivity (Wildman–Crippen MR) is 87.8 cm³/mol. The van der Waals surface area contributed by atoms with Crippen LogP contribution in [0, 0.1) is 20.8 Å². The number of nitrogens with zero attached hydrogens (tertiary/aromatic N) is 1. The van der Waals surface area contributed by atoms with Crippen molar-refractivity contribution in [2.24, 2.45) is 0 Å². The van der Waals surface area contributed by atoms with Crippen LogP contribution in [0.15, 0.2) is 12.1 Å². The van der Waals surface area contributed by atoms with E-state index in [2.05, 4.69) is 48.4 Å². The number of likely N-dealkylation sites (N-methyl/N-ethyl adjacent to an activating group) is 1. The average Bonchev–Trinajstić information content (AvgIpc) is 2.82. The summed E-state index contributed by atoms with van der Waals surface area (Å²) in [5, 5.41) is 6.31. The molecule has 21 heavy (non-hydrogen) atoms. The van der Waals surface area contributed by atoms with Gasteiger partial charge in [-0.05, 0) is 58.3 Å². The first kappa shape index (κ1) is 16.0. The van der Waals surface area contributed by atoms with Gasteiger partial charge in [0.25, 0.3) is 0 Å². The molecule has 0 aromatic heterocycles. The molecule has 0 radical (unpaired) electrons. The average molecular weight is 289 g/mol. The summed E-state index contributed by atoms with van der Waals surface area (Å²) < 4.78 is 0. The molecule has 0 spiro atoms. The number of aryl methyl sites for hydroxylation is 3. The van der Waals surface area contributed by atoms with Gasteiger partial charge in [-0.2, -0.15) is 0 Å². The van der Waals surface area contributed by atoms with Gasteiger partial charge < -0.3 is 10.6 Å². The highest BCUT2D eigenvalue weighted by Crippen LogP contribution is 2.22. The van der Waals surface area contributed by atoms with Gasteiger partial charge in [0.1, 0.15) is 0 Å². The standard InChI is InChI=1S/C17H27N3O/c1-12-8-13(2)17(14(3)9-12)19-16(21)11-20-7-5-6-15(20)10-18-4/h8-9,15,18H,5-7,10-11H2,1-4H3,(H,19,21). The van der Waals surface area contributed by atoms with Gasteiger partial charge in [0.2, 0.25) is 5.91 Å². The molecule has 2 rings (SSSR count). The first-order valence-electron chi connectivity index (χ1n) is 7.77.